The third-order valence-electron chi connectivity index (χ3n) is 2.47. The lowest BCUT2D eigenvalue weighted by molar-refractivity contribution is 0.572. The van der Waals surface area contributed by atoms with E-state index >= 15 is 0 Å². The van der Waals surface area contributed by atoms with E-state index in [1.165, 1.54) is 0 Å². The standard InChI is InChI=1S/C15H16N2S/c1-15(2,3)13-10-18-14(17-13)8-7-11-5-4-6-12(16)9-11/h4-6,9-10H,16H2,1-3H3. The molecule has 1 aromatic carbocycles. The van der Waals surface area contributed by atoms with Crippen molar-refractivity contribution < 1.29 is 0 Å². The highest BCUT2D eigenvalue weighted by Gasteiger charge is 2.16. The molecule has 0 saturated carbocycles. The molecule has 3 heteroatoms. The van der Waals surface area contributed by atoms with Gasteiger partial charge in [-0.05, 0) is 24.1 Å². The molecule has 0 aliphatic heterocycles. The quantitative estimate of drug-likeness (QED) is 0.579. The number of nitrogens with two attached hydrogens (primary N) is 1. The van der Waals surface area contributed by atoms with Gasteiger partial charge in [0.1, 0.15) is 0 Å². The first-order valence-corrected chi connectivity index (χ1v) is 6.67. The van der Waals surface area contributed by atoms with E-state index < -0.39 is 0 Å². The van der Waals surface area contributed by atoms with Crippen LogP contribution in [0.4, 0.5) is 5.69 Å². The molecule has 0 amide bonds. The monoisotopic (exact) mass is 256 g/mol. The molecule has 0 saturated heterocycles. The van der Waals surface area contributed by atoms with Gasteiger partial charge in [0.15, 0.2) is 5.01 Å². The summed E-state index contributed by atoms with van der Waals surface area (Å²) in [7, 11) is 0. The van der Waals surface area contributed by atoms with Gasteiger partial charge in [0.25, 0.3) is 0 Å². The normalized spacial score (nSPS) is 10.8. The highest BCUT2D eigenvalue weighted by atomic mass is 32.1. The molecular formula is C15H16N2S. The lowest BCUT2D eigenvalue weighted by Crippen LogP contribution is -2.11. The van der Waals surface area contributed by atoms with Gasteiger partial charge in [0.2, 0.25) is 0 Å². The maximum absolute atomic E-state index is 5.71. The van der Waals surface area contributed by atoms with Crippen molar-refractivity contribution in [2.45, 2.75) is 26.2 Å². The van der Waals surface area contributed by atoms with Gasteiger partial charge in [-0.2, -0.15) is 0 Å². The Morgan fingerprint density at radius 2 is 2.00 bits per heavy atom. The van der Waals surface area contributed by atoms with Crippen LogP contribution in [0, 0.1) is 11.8 Å². The van der Waals surface area contributed by atoms with E-state index in [2.05, 4.69) is 43.0 Å². The second-order valence-corrected chi connectivity index (χ2v) is 6.02. The Bertz CT molecular complexity index is 609. The topological polar surface area (TPSA) is 38.9 Å². The Kier molecular flexibility index (Phi) is 3.40. The summed E-state index contributed by atoms with van der Waals surface area (Å²) in [6.45, 7) is 6.45. The van der Waals surface area contributed by atoms with Crippen LogP contribution in [0.1, 0.15) is 37.0 Å². The minimum atomic E-state index is 0.0770. The molecule has 92 valence electrons. The molecule has 2 rings (SSSR count). The van der Waals surface area contributed by atoms with Crippen LogP contribution in [0.2, 0.25) is 0 Å². The molecule has 2 N–H and O–H groups in total. The highest BCUT2D eigenvalue weighted by Crippen LogP contribution is 2.23. The summed E-state index contributed by atoms with van der Waals surface area (Å²) in [5, 5.41) is 2.92. The Morgan fingerprint density at radius 1 is 1.22 bits per heavy atom. The third kappa shape index (κ3) is 3.12. The number of thiazole rings is 1. The molecule has 18 heavy (non-hydrogen) atoms. The smallest absolute Gasteiger partial charge is 0.167 e. The van der Waals surface area contributed by atoms with Crippen molar-refractivity contribution in [2.24, 2.45) is 0 Å². The van der Waals surface area contributed by atoms with E-state index in [0.717, 1.165) is 22.0 Å². The lowest BCUT2D eigenvalue weighted by Gasteiger charge is -2.13. The zero-order chi connectivity index (χ0) is 13.2. The summed E-state index contributed by atoms with van der Waals surface area (Å²) in [5.74, 6) is 6.17. The zero-order valence-electron chi connectivity index (χ0n) is 10.8. The Morgan fingerprint density at radius 3 is 2.61 bits per heavy atom. The van der Waals surface area contributed by atoms with Crippen molar-refractivity contribution in [3.8, 4) is 11.8 Å². The summed E-state index contributed by atoms with van der Waals surface area (Å²) in [5.41, 5.74) is 8.52. The van der Waals surface area contributed by atoms with Gasteiger partial charge in [-0.25, -0.2) is 4.98 Å². The van der Waals surface area contributed by atoms with Crippen LogP contribution in [-0.2, 0) is 5.41 Å². The average Bonchev–Trinajstić information content (AvgIpc) is 2.74. The fraction of sp³-hybridized carbons (Fsp3) is 0.267. The molecule has 0 unspecified atom stereocenters. The second-order valence-electron chi connectivity index (χ2n) is 5.16. The first kappa shape index (κ1) is 12.7. The first-order valence-electron chi connectivity index (χ1n) is 5.79. The Labute approximate surface area is 112 Å². The molecule has 0 spiro atoms. The second kappa shape index (κ2) is 4.83. The largest absolute Gasteiger partial charge is 0.399 e. The summed E-state index contributed by atoms with van der Waals surface area (Å²) < 4.78 is 0. The molecule has 1 heterocycles. The molecule has 0 radical (unpaired) electrons. The molecule has 2 nitrogen and oxygen atoms in total. The highest BCUT2D eigenvalue weighted by molar-refractivity contribution is 7.10. The van der Waals surface area contributed by atoms with Gasteiger partial charge in [-0.1, -0.05) is 32.8 Å². The van der Waals surface area contributed by atoms with Crippen LogP contribution < -0.4 is 5.73 Å². The minimum Gasteiger partial charge on any atom is -0.399 e. The number of aromatic nitrogens is 1. The van der Waals surface area contributed by atoms with E-state index in [-0.39, 0.29) is 5.41 Å². The van der Waals surface area contributed by atoms with E-state index in [9.17, 15) is 0 Å². The van der Waals surface area contributed by atoms with Crippen LogP contribution in [0.15, 0.2) is 29.6 Å². The zero-order valence-corrected chi connectivity index (χ0v) is 11.6. The molecule has 0 atom stereocenters. The van der Waals surface area contributed by atoms with Crippen molar-refractivity contribution >= 4 is 17.0 Å². The first-order chi connectivity index (χ1) is 8.45. The molecule has 0 fully saturated rings. The number of rotatable bonds is 0. The number of hydrogen-bond acceptors (Lipinski definition) is 3. The number of nitrogen functional groups attached to an aromatic ring is 1. The maximum atomic E-state index is 5.71. The van der Waals surface area contributed by atoms with E-state index in [1.807, 2.05) is 24.3 Å². The minimum absolute atomic E-state index is 0.0770. The van der Waals surface area contributed by atoms with E-state index in [0.29, 0.717) is 0 Å². The summed E-state index contributed by atoms with van der Waals surface area (Å²) >= 11 is 1.58. The van der Waals surface area contributed by atoms with Crippen molar-refractivity contribution in [1.29, 1.82) is 0 Å². The van der Waals surface area contributed by atoms with Gasteiger partial charge < -0.3 is 5.73 Å². The molecule has 1 aromatic heterocycles. The molecule has 0 bridgehead atoms. The molecular weight excluding hydrogens is 240 g/mol. The van der Waals surface area contributed by atoms with Gasteiger partial charge >= 0.3 is 0 Å². The lowest BCUT2D eigenvalue weighted by atomic mass is 9.93. The Hall–Kier alpha value is -1.79. The van der Waals surface area contributed by atoms with Crippen LogP contribution in [0.3, 0.4) is 0 Å². The summed E-state index contributed by atoms with van der Waals surface area (Å²) in [6, 6.07) is 7.57. The summed E-state index contributed by atoms with van der Waals surface area (Å²) in [6.07, 6.45) is 0. The van der Waals surface area contributed by atoms with Gasteiger partial charge in [-0.15, -0.1) is 11.3 Å². The van der Waals surface area contributed by atoms with Crippen LogP contribution >= 0.6 is 11.3 Å². The number of hydrogen-bond donors (Lipinski definition) is 1. The molecule has 0 aliphatic rings. The van der Waals surface area contributed by atoms with E-state index in [1.54, 1.807) is 11.3 Å². The van der Waals surface area contributed by atoms with Crippen LogP contribution in [-0.4, -0.2) is 4.98 Å². The summed E-state index contributed by atoms with van der Waals surface area (Å²) in [4.78, 5) is 4.53. The fourth-order valence-corrected chi connectivity index (χ4v) is 2.31. The molecule has 0 aliphatic carbocycles. The van der Waals surface area contributed by atoms with Crippen LogP contribution in [0.25, 0.3) is 0 Å². The maximum Gasteiger partial charge on any atom is 0.167 e. The Balaban J connectivity index is 2.23. The predicted octanol–water partition coefficient (Wildman–Crippen LogP) is 3.42. The van der Waals surface area contributed by atoms with Crippen molar-refractivity contribution in [3.05, 3.63) is 45.9 Å². The number of nitrogens with zero attached hydrogens (tertiary/aromatic N) is 1. The van der Waals surface area contributed by atoms with Crippen molar-refractivity contribution in [3.63, 3.8) is 0 Å². The third-order valence-corrected chi connectivity index (χ3v) is 3.23. The fourth-order valence-electron chi connectivity index (χ4n) is 1.42. The van der Waals surface area contributed by atoms with Gasteiger partial charge in [0.05, 0.1) is 5.69 Å². The predicted molar refractivity (Wildman–Crippen MR) is 77.6 cm³/mol. The van der Waals surface area contributed by atoms with Crippen LogP contribution in [0.5, 0.6) is 0 Å². The van der Waals surface area contributed by atoms with Crippen molar-refractivity contribution in [1.82, 2.24) is 4.98 Å². The van der Waals surface area contributed by atoms with Gasteiger partial charge in [-0.3, -0.25) is 0 Å². The van der Waals surface area contributed by atoms with Crippen molar-refractivity contribution in [2.75, 3.05) is 5.73 Å². The van der Waals surface area contributed by atoms with E-state index in [4.69, 9.17) is 5.73 Å². The average molecular weight is 256 g/mol. The van der Waals surface area contributed by atoms with Gasteiger partial charge in [0, 0.05) is 22.0 Å². The number of anilines is 1. The SMILES string of the molecule is CC(C)(C)c1csc(C#Cc2cccc(N)c2)n1. The number of benzene rings is 1. The molecule has 2 aromatic rings.